The molecule has 2 heteroatoms. The first-order valence-corrected chi connectivity index (χ1v) is 5.62. The molecule has 0 aliphatic heterocycles. The van der Waals surface area contributed by atoms with E-state index < -0.39 is 0 Å². The Kier molecular flexibility index (Phi) is 5.40. The molecule has 0 unspecified atom stereocenters. The highest BCUT2D eigenvalue weighted by molar-refractivity contribution is 4.81. The largest absolute Gasteiger partial charge is 0.381 e. The minimum atomic E-state index is 0.899. The fourth-order valence-electron chi connectivity index (χ4n) is 1.46. The van der Waals surface area contributed by atoms with Crippen molar-refractivity contribution in [3.63, 3.8) is 0 Å². The summed E-state index contributed by atoms with van der Waals surface area (Å²) >= 11 is 0. The fraction of sp³-hybridized carbons (Fsp3) is 1.00. The quantitative estimate of drug-likeness (QED) is 0.538. The first kappa shape index (κ1) is 11.0. The lowest BCUT2D eigenvalue weighted by Crippen LogP contribution is -2.22. The van der Waals surface area contributed by atoms with E-state index in [4.69, 9.17) is 4.74 Å². The number of nitrogens with zero attached hydrogens (tertiary/aromatic N) is 1. The van der Waals surface area contributed by atoms with Crippen LogP contribution in [0.1, 0.15) is 39.0 Å². The van der Waals surface area contributed by atoms with E-state index in [0.717, 1.165) is 19.3 Å². The Balaban J connectivity index is 1.77. The third-order valence-corrected chi connectivity index (χ3v) is 2.61. The number of hydrogen-bond acceptors (Lipinski definition) is 2. The molecule has 0 amide bonds. The van der Waals surface area contributed by atoms with Gasteiger partial charge in [-0.25, -0.2) is 0 Å². The zero-order valence-electron chi connectivity index (χ0n) is 9.09. The maximum atomic E-state index is 5.50. The molecule has 1 fully saturated rings. The summed E-state index contributed by atoms with van der Waals surface area (Å²) in [6.07, 6.45) is 6.46. The van der Waals surface area contributed by atoms with Gasteiger partial charge in [0, 0.05) is 25.8 Å². The molecule has 0 radical (unpaired) electrons. The topological polar surface area (TPSA) is 12.5 Å². The monoisotopic (exact) mass is 185 g/mol. The molecular formula is C11H23NO. The summed E-state index contributed by atoms with van der Waals surface area (Å²) in [4.78, 5) is 2.46. The molecular weight excluding hydrogens is 162 g/mol. The summed E-state index contributed by atoms with van der Waals surface area (Å²) < 4.78 is 5.50. The maximum absolute atomic E-state index is 5.50. The van der Waals surface area contributed by atoms with Gasteiger partial charge in [0.2, 0.25) is 0 Å². The average Bonchev–Trinajstić information content (AvgIpc) is 2.93. The second-order valence-corrected chi connectivity index (χ2v) is 4.03. The molecule has 1 aliphatic carbocycles. The molecule has 0 aromatic heterocycles. The molecule has 13 heavy (non-hydrogen) atoms. The van der Waals surface area contributed by atoms with Crippen LogP contribution in [0.15, 0.2) is 0 Å². The van der Waals surface area contributed by atoms with Crippen LogP contribution in [0.25, 0.3) is 0 Å². The summed E-state index contributed by atoms with van der Waals surface area (Å²) in [6.45, 7) is 5.29. The molecule has 0 N–H and O–H groups in total. The summed E-state index contributed by atoms with van der Waals surface area (Å²) in [7, 11) is 2.23. The highest BCUT2D eigenvalue weighted by atomic mass is 16.5. The molecule has 0 aromatic rings. The SMILES string of the molecule is CCCCOCCCN(C)C1CC1. The van der Waals surface area contributed by atoms with Gasteiger partial charge in [-0.15, -0.1) is 0 Å². The fourth-order valence-corrected chi connectivity index (χ4v) is 1.46. The van der Waals surface area contributed by atoms with Gasteiger partial charge in [-0.05, 0) is 32.7 Å². The van der Waals surface area contributed by atoms with Gasteiger partial charge in [-0.2, -0.15) is 0 Å². The first-order valence-electron chi connectivity index (χ1n) is 5.62. The minimum Gasteiger partial charge on any atom is -0.381 e. The molecule has 2 nitrogen and oxygen atoms in total. The third kappa shape index (κ3) is 5.27. The number of rotatable bonds is 8. The Hall–Kier alpha value is -0.0800. The Morgan fingerprint density at radius 3 is 2.54 bits per heavy atom. The maximum Gasteiger partial charge on any atom is 0.0478 e. The summed E-state index contributed by atoms with van der Waals surface area (Å²) in [5.41, 5.74) is 0. The van der Waals surface area contributed by atoms with Crippen molar-refractivity contribution in [2.45, 2.75) is 45.1 Å². The van der Waals surface area contributed by atoms with Crippen molar-refractivity contribution in [2.24, 2.45) is 0 Å². The number of hydrogen-bond donors (Lipinski definition) is 0. The van der Waals surface area contributed by atoms with Crippen molar-refractivity contribution in [3.05, 3.63) is 0 Å². The minimum absolute atomic E-state index is 0.899. The Labute approximate surface area is 82.3 Å². The highest BCUT2D eigenvalue weighted by Gasteiger charge is 2.25. The van der Waals surface area contributed by atoms with Crippen LogP contribution in [0.4, 0.5) is 0 Å². The van der Waals surface area contributed by atoms with E-state index in [-0.39, 0.29) is 0 Å². The normalized spacial score (nSPS) is 16.8. The van der Waals surface area contributed by atoms with Crippen molar-refractivity contribution in [3.8, 4) is 0 Å². The van der Waals surface area contributed by atoms with E-state index >= 15 is 0 Å². The summed E-state index contributed by atoms with van der Waals surface area (Å²) in [5, 5.41) is 0. The predicted molar refractivity (Wildman–Crippen MR) is 56.0 cm³/mol. The average molecular weight is 185 g/mol. The van der Waals surface area contributed by atoms with Crippen LogP contribution in [0, 0.1) is 0 Å². The van der Waals surface area contributed by atoms with Gasteiger partial charge in [-0.3, -0.25) is 0 Å². The lowest BCUT2D eigenvalue weighted by Gasteiger charge is -2.14. The van der Waals surface area contributed by atoms with Crippen LogP contribution < -0.4 is 0 Å². The van der Waals surface area contributed by atoms with Gasteiger partial charge < -0.3 is 9.64 Å². The molecule has 0 heterocycles. The third-order valence-electron chi connectivity index (χ3n) is 2.61. The van der Waals surface area contributed by atoms with Gasteiger partial charge in [0.15, 0.2) is 0 Å². The van der Waals surface area contributed by atoms with Crippen molar-refractivity contribution < 1.29 is 4.74 Å². The molecule has 1 aliphatic rings. The highest BCUT2D eigenvalue weighted by Crippen LogP contribution is 2.25. The zero-order chi connectivity index (χ0) is 9.52. The Morgan fingerprint density at radius 2 is 1.92 bits per heavy atom. The summed E-state index contributed by atoms with van der Waals surface area (Å²) in [6, 6.07) is 0.899. The Bertz CT molecular complexity index is 123. The summed E-state index contributed by atoms with van der Waals surface area (Å²) in [5.74, 6) is 0. The van der Waals surface area contributed by atoms with Gasteiger partial charge >= 0.3 is 0 Å². The zero-order valence-corrected chi connectivity index (χ0v) is 9.09. The second kappa shape index (κ2) is 6.39. The van der Waals surface area contributed by atoms with Gasteiger partial charge in [-0.1, -0.05) is 13.3 Å². The van der Waals surface area contributed by atoms with Gasteiger partial charge in [0.1, 0.15) is 0 Å². The van der Waals surface area contributed by atoms with Crippen LogP contribution in [0.5, 0.6) is 0 Å². The standard InChI is InChI=1S/C11H23NO/c1-3-4-9-13-10-5-8-12(2)11-6-7-11/h11H,3-10H2,1-2H3. The number of ether oxygens (including phenoxy) is 1. The lowest BCUT2D eigenvalue weighted by molar-refractivity contribution is 0.120. The van der Waals surface area contributed by atoms with Crippen molar-refractivity contribution in [1.29, 1.82) is 0 Å². The van der Waals surface area contributed by atoms with E-state index in [1.54, 1.807) is 0 Å². The van der Waals surface area contributed by atoms with Crippen LogP contribution >= 0.6 is 0 Å². The number of unbranched alkanes of at least 4 members (excludes halogenated alkanes) is 1. The Morgan fingerprint density at radius 1 is 1.23 bits per heavy atom. The van der Waals surface area contributed by atoms with Crippen molar-refractivity contribution >= 4 is 0 Å². The van der Waals surface area contributed by atoms with Crippen LogP contribution in [0.3, 0.4) is 0 Å². The lowest BCUT2D eigenvalue weighted by atomic mass is 10.3. The smallest absolute Gasteiger partial charge is 0.0478 e. The second-order valence-electron chi connectivity index (χ2n) is 4.03. The van der Waals surface area contributed by atoms with Crippen molar-refractivity contribution in [2.75, 3.05) is 26.8 Å². The van der Waals surface area contributed by atoms with Gasteiger partial charge in [0.05, 0.1) is 0 Å². The van der Waals surface area contributed by atoms with E-state index in [9.17, 15) is 0 Å². The molecule has 0 spiro atoms. The molecule has 78 valence electrons. The van der Waals surface area contributed by atoms with Crippen molar-refractivity contribution in [1.82, 2.24) is 4.90 Å². The van der Waals surface area contributed by atoms with E-state index in [1.807, 2.05) is 0 Å². The van der Waals surface area contributed by atoms with Crippen LogP contribution in [0.2, 0.25) is 0 Å². The van der Waals surface area contributed by atoms with Crippen LogP contribution in [-0.2, 0) is 4.74 Å². The molecule has 0 aromatic carbocycles. The van der Waals surface area contributed by atoms with Gasteiger partial charge in [0.25, 0.3) is 0 Å². The molecule has 1 saturated carbocycles. The molecule has 0 atom stereocenters. The predicted octanol–water partition coefficient (Wildman–Crippen LogP) is 2.29. The molecule has 0 bridgehead atoms. The van der Waals surface area contributed by atoms with E-state index in [1.165, 1.54) is 38.6 Å². The van der Waals surface area contributed by atoms with E-state index in [0.29, 0.717) is 0 Å². The molecule has 1 rings (SSSR count). The molecule has 0 saturated heterocycles. The van der Waals surface area contributed by atoms with Crippen LogP contribution in [-0.4, -0.2) is 37.7 Å². The van der Waals surface area contributed by atoms with E-state index in [2.05, 4.69) is 18.9 Å². The first-order chi connectivity index (χ1) is 6.34.